The molecule has 0 aliphatic carbocycles. The van der Waals surface area contributed by atoms with Gasteiger partial charge in [0.1, 0.15) is 12.4 Å². The molecule has 0 bridgehead atoms. The van der Waals surface area contributed by atoms with Gasteiger partial charge in [0.25, 0.3) is 11.8 Å². The van der Waals surface area contributed by atoms with Crippen molar-refractivity contribution < 1.29 is 14.3 Å². The first-order valence-electron chi connectivity index (χ1n) is 9.92. The molecule has 5 nitrogen and oxygen atoms in total. The number of ether oxygens (including phenoxy) is 1. The lowest BCUT2D eigenvalue weighted by molar-refractivity contribution is -0.123. The summed E-state index contributed by atoms with van der Waals surface area (Å²) in [6.45, 7) is 0.203. The van der Waals surface area contributed by atoms with E-state index in [1.54, 1.807) is 48.5 Å². The summed E-state index contributed by atoms with van der Waals surface area (Å²) in [4.78, 5) is 25.9. The minimum absolute atomic E-state index is 0.196. The van der Waals surface area contributed by atoms with Crippen LogP contribution in [0.3, 0.4) is 0 Å². The second-order valence-electron chi connectivity index (χ2n) is 7.17. The van der Waals surface area contributed by atoms with Crippen molar-refractivity contribution in [3.63, 3.8) is 0 Å². The lowest BCUT2D eigenvalue weighted by atomic mass is 10.1. The zero-order valence-electron chi connectivity index (χ0n) is 17.6. The highest BCUT2D eigenvalue weighted by atomic mass is 79.9. The molecule has 0 unspecified atom stereocenters. The van der Waals surface area contributed by atoms with Crippen LogP contribution in [-0.2, 0) is 11.4 Å². The number of carbonyl (C=O) groups is 2. The highest BCUT2D eigenvalue weighted by Crippen LogP contribution is 2.35. The quantitative estimate of drug-likeness (QED) is 0.226. The molecule has 0 saturated carbocycles. The van der Waals surface area contributed by atoms with Gasteiger partial charge in [-0.15, -0.1) is 0 Å². The van der Waals surface area contributed by atoms with Crippen LogP contribution in [0, 0.1) is 0 Å². The van der Waals surface area contributed by atoms with E-state index in [9.17, 15) is 9.59 Å². The van der Waals surface area contributed by atoms with Crippen LogP contribution >= 0.6 is 74.7 Å². The summed E-state index contributed by atoms with van der Waals surface area (Å²) in [6.07, 6.45) is 1.66. The van der Waals surface area contributed by atoms with Gasteiger partial charge in [0.2, 0.25) is 0 Å². The predicted octanol–water partition coefficient (Wildman–Crippen LogP) is 7.53. The molecule has 2 amide bonds. The van der Waals surface area contributed by atoms with Gasteiger partial charge in [-0.1, -0.05) is 74.6 Å². The smallest absolute Gasteiger partial charge is 0.285 e. The van der Waals surface area contributed by atoms with E-state index in [1.165, 1.54) is 6.07 Å². The van der Waals surface area contributed by atoms with Gasteiger partial charge in [-0.2, -0.15) is 5.01 Å². The first-order chi connectivity index (χ1) is 16.7. The number of halogens is 4. The SMILES string of the molecule is O=C(NN1C(=O)/C(=C\c2cc(Br)ccc2OCc2ccc(Cl)cc2Cl)SC1=S)c1cccc(Cl)c1. The maximum atomic E-state index is 13.0. The summed E-state index contributed by atoms with van der Waals surface area (Å²) in [5.41, 5.74) is 4.25. The minimum atomic E-state index is -0.503. The zero-order valence-corrected chi connectivity index (χ0v) is 23.0. The standard InChI is InChI=1S/C24H14BrCl3N2O3S2/c25-16-5-7-20(33-12-14-4-6-18(27)11-19(14)28)15(8-16)10-21-23(32)30(24(34)35-21)29-22(31)13-2-1-3-17(26)9-13/h1-11H,12H2,(H,29,31)/b21-10+. The van der Waals surface area contributed by atoms with Gasteiger partial charge in [0, 0.05) is 36.2 Å². The van der Waals surface area contributed by atoms with Gasteiger partial charge >= 0.3 is 0 Å². The fourth-order valence-corrected chi connectivity index (χ4v) is 5.26. The lowest BCUT2D eigenvalue weighted by Crippen LogP contribution is -2.44. The number of benzene rings is 3. The van der Waals surface area contributed by atoms with Crippen molar-refractivity contribution in [3.8, 4) is 5.75 Å². The Balaban J connectivity index is 1.54. The van der Waals surface area contributed by atoms with Crippen LogP contribution in [0.15, 0.2) is 70.0 Å². The summed E-state index contributed by atoms with van der Waals surface area (Å²) in [5, 5.41) is 2.48. The van der Waals surface area contributed by atoms with Crippen LogP contribution in [-0.4, -0.2) is 21.1 Å². The van der Waals surface area contributed by atoms with Crippen LogP contribution in [0.5, 0.6) is 5.75 Å². The number of rotatable bonds is 6. The highest BCUT2D eigenvalue weighted by Gasteiger charge is 2.34. The molecule has 1 aliphatic rings. The number of hydrogen-bond acceptors (Lipinski definition) is 5. The van der Waals surface area contributed by atoms with Crippen molar-refractivity contribution in [2.75, 3.05) is 0 Å². The van der Waals surface area contributed by atoms with Gasteiger partial charge < -0.3 is 4.74 Å². The van der Waals surface area contributed by atoms with Crippen LogP contribution in [0.4, 0.5) is 0 Å². The van der Waals surface area contributed by atoms with Crippen molar-refractivity contribution >= 4 is 96.9 Å². The van der Waals surface area contributed by atoms with Gasteiger partial charge in [-0.05, 0) is 66.8 Å². The molecule has 1 N–H and O–H groups in total. The van der Waals surface area contributed by atoms with Crippen LogP contribution < -0.4 is 10.2 Å². The topological polar surface area (TPSA) is 58.6 Å². The molecular formula is C24H14BrCl3N2O3S2. The third-order valence-electron chi connectivity index (χ3n) is 4.75. The molecular weight excluding hydrogens is 615 g/mol. The van der Waals surface area contributed by atoms with E-state index in [1.807, 2.05) is 12.1 Å². The van der Waals surface area contributed by atoms with E-state index in [4.69, 9.17) is 51.8 Å². The second kappa shape index (κ2) is 11.3. The van der Waals surface area contributed by atoms with Crippen molar-refractivity contribution in [1.29, 1.82) is 0 Å². The molecule has 1 saturated heterocycles. The Hall–Kier alpha value is -2.07. The van der Waals surface area contributed by atoms with E-state index < -0.39 is 11.8 Å². The molecule has 4 rings (SSSR count). The third kappa shape index (κ3) is 6.39. The van der Waals surface area contributed by atoms with Crippen molar-refractivity contribution in [2.24, 2.45) is 0 Å². The van der Waals surface area contributed by atoms with Crippen molar-refractivity contribution in [1.82, 2.24) is 10.4 Å². The van der Waals surface area contributed by atoms with Crippen LogP contribution in [0.1, 0.15) is 21.5 Å². The van der Waals surface area contributed by atoms with Gasteiger partial charge in [-0.25, -0.2) is 0 Å². The Kier molecular flexibility index (Phi) is 8.42. The van der Waals surface area contributed by atoms with Gasteiger partial charge in [-0.3, -0.25) is 15.0 Å². The molecule has 1 heterocycles. The number of hydrazine groups is 1. The van der Waals surface area contributed by atoms with E-state index in [0.29, 0.717) is 36.8 Å². The lowest BCUT2D eigenvalue weighted by Gasteiger charge is -2.15. The maximum Gasteiger partial charge on any atom is 0.285 e. The average Bonchev–Trinajstić information content (AvgIpc) is 3.07. The number of nitrogens with zero attached hydrogens (tertiary/aromatic N) is 1. The monoisotopic (exact) mass is 626 g/mol. The molecule has 0 atom stereocenters. The number of hydrogen-bond donors (Lipinski definition) is 1. The summed E-state index contributed by atoms with van der Waals surface area (Å²) in [6, 6.07) is 17.0. The van der Waals surface area contributed by atoms with Crippen LogP contribution in [0.2, 0.25) is 15.1 Å². The second-order valence-corrected chi connectivity index (χ2v) is 11.0. The summed E-state index contributed by atoms with van der Waals surface area (Å²) in [5.74, 6) is -0.425. The largest absolute Gasteiger partial charge is 0.488 e. The molecule has 0 radical (unpaired) electrons. The number of carbonyl (C=O) groups excluding carboxylic acids is 2. The fraction of sp³-hybridized carbons (Fsp3) is 0.0417. The first-order valence-corrected chi connectivity index (χ1v) is 13.1. The maximum absolute atomic E-state index is 13.0. The molecule has 0 spiro atoms. The number of thiocarbonyl (C=S) groups is 1. The molecule has 0 aromatic heterocycles. The molecule has 1 fully saturated rings. The number of nitrogens with one attached hydrogen (secondary N) is 1. The third-order valence-corrected chi connectivity index (χ3v) is 7.37. The fourth-order valence-electron chi connectivity index (χ4n) is 3.06. The van der Waals surface area contributed by atoms with Crippen LogP contribution in [0.25, 0.3) is 6.08 Å². The van der Waals surface area contributed by atoms with Gasteiger partial charge in [0.15, 0.2) is 4.32 Å². The predicted molar refractivity (Wildman–Crippen MR) is 149 cm³/mol. The Morgan fingerprint density at radius 1 is 1.09 bits per heavy atom. The van der Waals surface area contributed by atoms with E-state index in [2.05, 4.69) is 21.4 Å². The normalized spacial score (nSPS) is 14.5. The first kappa shape index (κ1) is 26.0. The minimum Gasteiger partial charge on any atom is -0.488 e. The molecule has 3 aromatic rings. The Bertz CT molecular complexity index is 1380. The molecule has 35 heavy (non-hydrogen) atoms. The summed E-state index contributed by atoms with van der Waals surface area (Å²) < 4.78 is 6.98. The van der Waals surface area contributed by atoms with E-state index in [-0.39, 0.29) is 10.9 Å². The summed E-state index contributed by atoms with van der Waals surface area (Å²) in [7, 11) is 0. The average molecular weight is 629 g/mol. The number of thioether (sulfide) groups is 1. The Morgan fingerprint density at radius 3 is 2.60 bits per heavy atom. The van der Waals surface area contributed by atoms with Gasteiger partial charge in [0.05, 0.1) is 4.91 Å². The molecule has 1 aliphatic heterocycles. The molecule has 11 heteroatoms. The Morgan fingerprint density at radius 2 is 1.86 bits per heavy atom. The van der Waals surface area contributed by atoms with E-state index in [0.717, 1.165) is 26.8 Å². The van der Waals surface area contributed by atoms with Crippen molar-refractivity contribution in [3.05, 3.63) is 102 Å². The molecule has 178 valence electrons. The Labute approximate surface area is 234 Å². The van der Waals surface area contributed by atoms with E-state index >= 15 is 0 Å². The zero-order chi connectivity index (χ0) is 25.1. The highest BCUT2D eigenvalue weighted by molar-refractivity contribution is 9.10. The number of amides is 2. The summed E-state index contributed by atoms with van der Waals surface area (Å²) >= 11 is 28.0. The molecule has 3 aromatic carbocycles. The van der Waals surface area contributed by atoms with Crippen molar-refractivity contribution in [2.45, 2.75) is 6.61 Å².